The SMILES string of the molecule is COc1ccccc1CNCc1cc(Br)ccc1OCc1ccccc1. The molecule has 0 aliphatic heterocycles. The van der Waals surface area contributed by atoms with Crippen LogP contribution in [0.25, 0.3) is 0 Å². The third-order valence-electron chi connectivity index (χ3n) is 4.08. The number of hydrogen-bond donors (Lipinski definition) is 1. The van der Waals surface area contributed by atoms with Crippen molar-refractivity contribution in [3.8, 4) is 11.5 Å². The van der Waals surface area contributed by atoms with Crippen molar-refractivity contribution in [3.05, 3.63) is 94.0 Å². The van der Waals surface area contributed by atoms with Gasteiger partial charge in [-0.3, -0.25) is 0 Å². The Morgan fingerprint density at radius 2 is 1.54 bits per heavy atom. The second kappa shape index (κ2) is 9.41. The third kappa shape index (κ3) is 5.10. The van der Waals surface area contributed by atoms with Crippen molar-refractivity contribution in [2.75, 3.05) is 7.11 Å². The largest absolute Gasteiger partial charge is 0.496 e. The molecular formula is C22H22BrNO2. The fraction of sp³-hybridized carbons (Fsp3) is 0.182. The van der Waals surface area contributed by atoms with Crippen LogP contribution in [0.4, 0.5) is 0 Å². The third-order valence-corrected chi connectivity index (χ3v) is 4.58. The minimum Gasteiger partial charge on any atom is -0.496 e. The van der Waals surface area contributed by atoms with Crippen molar-refractivity contribution in [1.29, 1.82) is 0 Å². The van der Waals surface area contributed by atoms with E-state index in [0.717, 1.165) is 39.2 Å². The van der Waals surface area contributed by atoms with Crippen LogP contribution in [-0.4, -0.2) is 7.11 Å². The minimum atomic E-state index is 0.558. The zero-order valence-electron chi connectivity index (χ0n) is 14.7. The number of para-hydroxylation sites is 1. The molecule has 134 valence electrons. The van der Waals surface area contributed by atoms with Gasteiger partial charge >= 0.3 is 0 Å². The lowest BCUT2D eigenvalue weighted by molar-refractivity contribution is 0.302. The summed E-state index contributed by atoms with van der Waals surface area (Å²) in [5.74, 6) is 1.79. The maximum Gasteiger partial charge on any atom is 0.124 e. The van der Waals surface area contributed by atoms with E-state index in [9.17, 15) is 0 Å². The maximum absolute atomic E-state index is 6.04. The summed E-state index contributed by atoms with van der Waals surface area (Å²) in [5, 5.41) is 3.48. The van der Waals surface area contributed by atoms with Gasteiger partial charge < -0.3 is 14.8 Å². The monoisotopic (exact) mass is 411 g/mol. The van der Waals surface area contributed by atoms with Crippen molar-refractivity contribution in [2.24, 2.45) is 0 Å². The van der Waals surface area contributed by atoms with Gasteiger partial charge in [-0.2, -0.15) is 0 Å². The standard InChI is InChI=1S/C22H22BrNO2/c1-25-21-10-6-5-9-18(21)14-24-15-19-13-20(23)11-12-22(19)26-16-17-7-3-2-4-8-17/h2-13,24H,14-16H2,1H3. The molecule has 0 aliphatic rings. The molecule has 0 bridgehead atoms. The summed E-state index contributed by atoms with van der Waals surface area (Å²) < 4.78 is 12.5. The van der Waals surface area contributed by atoms with E-state index in [1.165, 1.54) is 0 Å². The Bertz CT molecular complexity index is 837. The van der Waals surface area contributed by atoms with E-state index in [2.05, 4.69) is 45.5 Å². The Balaban J connectivity index is 1.64. The van der Waals surface area contributed by atoms with Gasteiger partial charge in [-0.25, -0.2) is 0 Å². The first-order valence-corrected chi connectivity index (χ1v) is 9.33. The fourth-order valence-electron chi connectivity index (χ4n) is 2.74. The van der Waals surface area contributed by atoms with Gasteiger partial charge in [0.1, 0.15) is 18.1 Å². The zero-order valence-corrected chi connectivity index (χ0v) is 16.3. The van der Waals surface area contributed by atoms with E-state index >= 15 is 0 Å². The van der Waals surface area contributed by atoms with Gasteiger partial charge in [-0.1, -0.05) is 64.5 Å². The molecule has 1 N–H and O–H groups in total. The molecule has 3 rings (SSSR count). The van der Waals surface area contributed by atoms with E-state index in [1.807, 2.05) is 48.5 Å². The molecule has 0 unspecified atom stereocenters. The van der Waals surface area contributed by atoms with E-state index in [4.69, 9.17) is 9.47 Å². The molecule has 0 amide bonds. The van der Waals surface area contributed by atoms with Crippen LogP contribution in [0.1, 0.15) is 16.7 Å². The van der Waals surface area contributed by atoms with Crippen LogP contribution in [0.2, 0.25) is 0 Å². The summed E-state index contributed by atoms with van der Waals surface area (Å²) in [4.78, 5) is 0. The smallest absolute Gasteiger partial charge is 0.124 e. The van der Waals surface area contributed by atoms with E-state index in [0.29, 0.717) is 13.2 Å². The van der Waals surface area contributed by atoms with Gasteiger partial charge in [0.05, 0.1) is 7.11 Å². The summed E-state index contributed by atoms with van der Waals surface area (Å²) in [7, 11) is 1.70. The molecule has 0 aliphatic carbocycles. The average Bonchev–Trinajstić information content (AvgIpc) is 2.68. The number of hydrogen-bond acceptors (Lipinski definition) is 3. The first-order valence-electron chi connectivity index (χ1n) is 8.54. The van der Waals surface area contributed by atoms with Crippen LogP contribution >= 0.6 is 15.9 Å². The molecule has 26 heavy (non-hydrogen) atoms. The molecule has 4 heteroatoms. The van der Waals surface area contributed by atoms with Gasteiger partial charge in [0, 0.05) is 28.7 Å². The Labute approximate surface area is 163 Å². The molecule has 0 spiro atoms. The van der Waals surface area contributed by atoms with Crippen molar-refractivity contribution in [2.45, 2.75) is 19.7 Å². The topological polar surface area (TPSA) is 30.5 Å². The van der Waals surface area contributed by atoms with Gasteiger partial charge in [-0.05, 0) is 29.8 Å². The molecule has 0 heterocycles. The predicted molar refractivity (Wildman–Crippen MR) is 108 cm³/mol. The van der Waals surface area contributed by atoms with Crippen LogP contribution in [-0.2, 0) is 19.7 Å². The average molecular weight is 412 g/mol. The minimum absolute atomic E-state index is 0.558. The lowest BCUT2D eigenvalue weighted by Gasteiger charge is -2.14. The second-order valence-electron chi connectivity index (χ2n) is 5.94. The quantitative estimate of drug-likeness (QED) is 0.543. The molecular weight excluding hydrogens is 390 g/mol. The summed E-state index contributed by atoms with van der Waals surface area (Å²) in [5.41, 5.74) is 3.41. The lowest BCUT2D eigenvalue weighted by atomic mass is 10.1. The van der Waals surface area contributed by atoms with Crippen molar-refractivity contribution >= 4 is 15.9 Å². The molecule has 0 saturated heterocycles. The molecule has 3 aromatic rings. The zero-order chi connectivity index (χ0) is 18.2. The van der Waals surface area contributed by atoms with E-state index < -0.39 is 0 Å². The summed E-state index contributed by atoms with van der Waals surface area (Å²) >= 11 is 3.55. The van der Waals surface area contributed by atoms with E-state index in [-0.39, 0.29) is 0 Å². The number of benzene rings is 3. The summed E-state index contributed by atoms with van der Waals surface area (Å²) in [6.07, 6.45) is 0. The molecule has 0 fully saturated rings. The Hall–Kier alpha value is -2.30. The number of ether oxygens (including phenoxy) is 2. The molecule has 0 atom stereocenters. The van der Waals surface area contributed by atoms with Crippen molar-refractivity contribution in [1.82, 2.24) is 5.32 Å². The molecule has 0 saturated carbocycles. The van der Waals surface area contributed by atoms with Gasteiger partial charge in [0.2, 0.25) is 0 Å². The summed E-state index contributed by atoms with van der Waals surface area (Å²) in [6.45, 7) is 2.00. The predicted octanol–water partition coefficient (Wildman–Crippen LogP) is 5.33. The highest BCUT2D eigenvalue weighted by Crippen LogP contribution is 2.25. The number of halogens is 1. The Morgan fingerprint density at radius 3 is 2.35 bits per heavy atom. The molecule has 3 nitrogen and oxygen atoms in total. The van der Waals surface area contributed by atoms with Crippen molar-refractivity contribution < 1.29 is 9.47 Å². The molecule has 0 aromatic heterocycles. The number of rotatable bonds is 8. The second-order valence-corrected chi connectivity index (χ2v) is 6.86. The highest BCUT2D eigenvalue weighted by atomic mass is 79.9. The lowest BCUT2D eigenvalue weighted by Crippen LogP contribution is -2.14. The van der Waals surface area contributed by atoms with Crippen LogP contribution in [0.3, 0.4) is 0 Å². The van der Waals surface area contributed by atoms with Gasteiger partial charge in [0.15, 0.2) is 0 Å². The van der Waals surface area contributed by atoms with Crippen molar-refractivity contribution in [3.63, 3.8) is 0 Å². The fourth-order valence-corrected chi connectivity index (χ4v) is 3.15. The molecule has 0 radical (unpaired) electrons. The Kier molecular flexibility index (Phi) is 6.69. The van der Waals surface area contributed by atoms with E-state index in [1.54, 1.807) is 7.11 Å². The first-order chi connectivity index (χ1) is 12.8. The highest BCUT2D eigenvalue weighted by Gasteiger charge is 2.07. The van der Waals surface area contributed by atoms with Crippen LogP contribution in [0.15, 0.2) is 77.3 Å². The van der Waals surface area contributed by atoms with Gasteiger partial charge in [0.25, 0.3) is 0 Å². The summed E-state index contributed by atoms with van der Waals surface area (Å²) in [6, 6.07) is 24.3. The first kappa shape index (κ1) is 18.5. The maximum atomic E-state index is 6.04. The van der Waals surface area contributed by atoms with Crippen LogP contribution < -0.4 is 14.8 Å². The van der Waals surface area contributed by atoms with Crippen LogP contribution in [0, 0.1) is 0 Å². The van der Waals surface area contributed by atoms with Gasteiger partial charge in [-0.15, -0.1) is 0 Å². The van der Waals surface area contributed by atoms with Crippen LogP contribution in [0.5, 0.6) is 11.5 Å². The molecule has 3 aromatic carbocycles. The Morgan fingerprint density at radius 1 is 0.808 bits per heavy atom. The number of nitrogens with one attached hydrogen (secondary N) is 1. The number of methoxy groups -OCH3 is 1. The highest BCUT2D eigenvalue weighted by molar-refractivity contribution is 9.10. The normalized spacial score (nSPS) is 10.5.